The molecule has 102 valence electrons. The Morgan fingerprint density at radius 3 is 2.20 bits per heavy atom. The topological polar surface area (TPSA) is 96.9 Å². The van der Waals surface area contributed by atoms with Gasteiger partial charge in [-0.2, -0.15) is 0 Å². The molecule has 0 atom stereocenters. The maximum Gasteiger partial charge on any atom is 0.271 e. The van der Waals surface area contributed by atoms with Crippen LogP contribution in [0.2, 0.25) is 0 Å². The first kappa shape index (κ1) is 13.6. The minimum absolute atomic E-state index is 0.239. The molecule has 0 unspecified atom stereocenters. The third-order valence-electron chi connectivity index (χ3n) is 2.39. The molecule has 0 fully saturated rings. The highest BCUT2D eigenvalue weighted by molar-refractivity contribution is 5.93. The molecule has 0 aliphatic rings. The first-order valence-corrected chi connectivity index (χ1v) is 6.01. The molecule has 0 saturated carbocycles. The van der Waals surface area contributed by atoms with Crippen molar-refractivity contribution in [3.8, 4) is 0 Å². The molecule has 7 nitrogen and oxygen atoms in total. The number of carbonyl (C=O) groups is 2. The minimum Gasteiger partial charge on any atom is -0.349 e. The standard InChI is InChI=1S/C13H13N5O2/c19-12(10-3-1-2-4-15-10)17-7-8-18-13(20)11-9-14-5-6-16-11/h1-6,9H,7-8H2,(H,17,19)(H,18,20). The van der Waals surface area contributed by atoms with Crippen molar-refractivity contribution in [2.24, 2.45) is 0 Å². The van der Waals surface area contributed by atoms with Crippen LogP contribution in [0.5, 0.6) is 0 Å². The van der Waals surface area contributed by atoms with Gasteiger partial charge in [0.25, 0.3) is 11.8 Å². The van der Waals surface area contributed by atoms with Gasteiger partial charge in [-0.3, -0.25) is 19.6 Å². The van der Waals surface area contributed by atoms with Crippen molar-refractivity contribution >= 4 is 11.8 Å². The molecule has 2 amide bonds. The minimum atomic E-state index is -0.329. The van der Waals surface area contributed by atoms with Gasteiger partial charge in [0.05, 0.1) is 6.20 Å². The average molecular weight is 271 g/mol. The van der Waals surface area contributed by atoms with E-state index < -0.39 is 0 Å². The molecule has 0 aliphatic heterocycles. The van der Waals surface area contributed by atoms with Gasteiger partial charge in [0.2, 0.25) is 0 Å². The molecule has 2 heterocycles. The molecule has 20 heavy (non-hydrogen) atoms. The summed E-state index contributed by atoms with van der Waals surface area (Å²) in [6.07, 6.45) is 5.86. The maximum atomic E-state index is 11.7. The van der Waals surface area contributed by atoms with Gasteiger partial charge in [-0.15, -0.1) is 0 Å². The van der Waals surface area contributed by atoms with Crippen LogP contribution in [0.25, 0.3) is 0 Å². The number of aromatic nitrogens is 3. The van der Waals surface area contributed by atoms with E-state index in [0.717, 1.165) is 0 Å². The van der Waals surface area contributed by atoms with Gasteiger partial charge in [-0.25, -0.2) is 4.98 Å². The molecule has 2 rings (SSSR count). The van der Waals surface area contributed by atoms with Gasteiger partial charge in [0.15, 0.2) is 0 Å². The molecule has 2 aromatic rings. The number of hydrogen-bond donors (Lipinski definition) is 2. The van der Waals surface area contributed by atoms with Crippen molar-refractivity contribution in [3.63, 3.8) is 0 Å². The van der Waals surface area contributed by atoms with E-state index in [2.05, 4.69) is 25.6 Å². The Hall–Kier alpha value is -2.83. The second kappa shape index (κ2) is 6.93. The second-order valence-corrected chi connectivity index (χ2v) is 3.82. The Labute approximate surface area is 115 Å². The van der Waals surface area contributed by atoms with Crippen LogP contribution in [0.4, 0.5) is 0 Å². The van der Waals surface area contributed by atoms with Gasteiger partial charge in [0.1, 0.15) is 11.4 Å². The summed E-state index contributed by atoms with van der Waals surface area (Å²) in [6, 6.07) is 5.09. The van der Waals surface area contributed by atoms with E-state index in [1.165, 1.54) is 18.6 Å². The first-order valence-electron chi connectivity index (χ1n) is 6.01. The quantitative estimate of drug-likeness (QED) is 0.748. The Morgan fingerprint density at radius 2 is 1.60 bits per heavy atom. The van der Waals surface area contributed by atoms with E-state index in [-0.39, 0.29) is 17.5 Å². The van der Waals surface area contributed by atoms with Crippen LogP contribution in [0.1, 0.15) is 21.0 Å². The third kappa shape index (κ3) is 3.84. The molecule has 0 spiro atoms. The number of carbonyl (C=O) groups excluding carboxylic acids is 2. The summed E-state index contributed by atoms with van der Waals surface area (Å²) in [5.41, 5.74) is 0.580. The summed E-state index contributed by atoms with van der Waals surface area (Å²) in [5.74, 6) is -0.607. The molecule has 0 bridgehead atoms. The Bertz CT molecular complexity index is 520. The number of nitrogens with zero attached hydrogens (tertiary/aromatic N) is 3. The van der Waals surface area contributed by atoms with E-state index >= 15 is 0 Å². The number of rotatable bonds is 5. The Morgan fingerprint density at radius 1 is 0.900 bits per heavy atom. The fraction of sp³-hybridized carbons (Fsp3) is 0.154. The van der Waals surface area contributed by atoms with Crippen molar-refractivity contribution in [3.05, 3.63) is 54.4 Å². The van der Waals surface area contributed by atoms with Crippen LogP contribution in [-0.4, -0.2) is 39.9 Å². The van der Waals surface area contributed by atoms with Crippen LogP contribution in [0.3, 0.4) is 0 Å². The van der Waals surface area contributed by atoms with Crippen molar-refractivity contribution in [2.75, 3.05) is 13.1 Å². The van der Waals surface area contributed by atoms with Crippen LogP contribution < -0.4 is 10.6 Å². The average Bonchev–Trinajstić information content (AvgIpc) is 2.53. The van der Waals surface area contributed by atoms with E-state index in [4.69, 9.17) is 0 Å². The van der Waals surface area contributed by atoms with E-state index in [0.29, 0.717) is 18.8 Å². The molecule has 7 heteroatoms. The predicted molar refractivity (Wildman–Crippen MR) is 70.9 cm³/mol. The van der Waals surface area contributed by atoms with Gasteiger partial charge in [0, 0.05) is 31.7 Å². The van der Waals surface area contributed by atoms with Gasteiger partial charge >= 0.3 is 0 Å². The number of pyridine rings is 1. The zero-order valence-electron chi connectivity index (χ0n) is 10.6. The lowest BCUT2D eigenvalue weighted by Crippen LogP contribution is -2.35. The monoisotopic (exact) mass is 271 g/mol. The van der Waals surface area contributed by atoms with E-state index in [1.807, 2.05) is 0 Å². The first-order chi connectivity index (χ1) is 9.77. The molecule has 2 N–H and O–H groups in total. The van der Waals surface area contributed by atoms with Gasteiger partial charge in [-0.1, -0.05) is 6.07 Å². The summed E-state index contributed by atoms with van der Waals surface area (Å²) in [5, 5.41) is 5.28. The summed E-state index contributed by atoms with van der Waals surface area (Å²) in [4.78, 5) is 34.9. The largest absolute Gasteiger partial charge is 0.349 e. The lowest BCUT2D eigenvalue weighted by atomic mass is 10.3. The van der Waals surface area contributed by atoms with E-state index in [1.54, 1.807) is 24.4 Å². The highest BCUT2D eigenvalue weighted by Gasteiger charge is 2.07. The molecule has 0 aliphatic carbocycles. The SMILES string of the molecule is O=C(NCCNC(=O)c1cnccn1)c1ccccn1. The summed E-state index contributed by atoms with van der Waals surface area (Å²) in [6.45, 7) is 0.607. The lowest BCUT2D eigenvalue weighted by Gasteiger charge is -2.06. The van der Waals surface area contributed by atoms with Crippen LogP contribution in [0.15, 0.2) is 43.0 Å². The third-order valence-corrected chi connectivity index (χ3v) is 2.39. The number of amides is 2. The summed E-state index contributed by atoms with van der Waals surface area (Å²) < 4.78 is 0. The fourth-order valence-corrected chi connectivity index (χ4v) is 1.45. The molecule has 0 saturated heterocycles. The van der Waals surface area contributed by atoms with Crippen molar-refractivity contribution in [2.45, 2.75) is 0 Å². The lowest BCUT2D eigenvalue weighted by molar-refractivity contribution is 0.0922. The molecule has 0 aromatic carbocycles. The zero-order chi connectivity index (χ0) is 14.2. The van der Waals surface area contributed by atoms with Crippen molar-refractivity contribution in [1.29, 1.82) is 0 Å². The van der Waals surface area contributed by atoms with Crippen LogP contribution in [0, 0.1) is 0 Å². The molecule has 2 aromatic heterocycles. The van der Waals surface area contributed by atoms with E-state index in [9.17, 15) is 9.59 Å². The zero-order valence-corrected chi connectivity index (χ0v) is 10.6. The van der Waals surface area contributed by atoms with Crippen molar-refractivity contribution < 1.29 is 9.59 Å². The highest BCUT2D eigenvalue weighted by Crippen LogP contribution is 1.92. The van der Waals surface area contributed by atoms with Crippen LogP contribution in [-0.2, 0) is 0 Å². The molecular weight excluding hydrogens is 258 g/mol. The smallest absolute Gasteiger partial charge is 0.271 e. The summed E-state index contributed by atoms with van der Waals surface area (Å²) >= 11 is 0. The fourth-order valence-electron chi connectivity index (χ4n) is 1.45. The normalized spacial score (nSPS) is 9.80. The number of nitrogens with one attached hydrogen (secondary N) is 2. The van der Waals surface area contributed by atoms with Crippen molar-refractivity contribution in [1.82, 2.24) is 25.6 Å². The second-order valence-electron chi connectivity index (χ2n) is 3.82. The molecule has 0 radical (unpaired) electrons. The highest BCUT2D eigenvalue weighted by atomic mass is 16.2. The number of hydrogen-bond acceptors (Lipinski definition) is 5. The Kier molecular flexibility index (Phi) is 4.71. The van der Waals surface area contributed by atoms with Gasteiger partial charge < -0.3 is 10.6 Å². The summed E-state index contributed by atoms with van der Waals surface area (Å²) in [7, 11) is 0. The predicted octanol–water partition coefficient (Wildman–Crippen LogP) is 0.0314. The van der Waals surface area contributed by atoms with Gasteiger partial charge in [-0.05, 0) is 12.1 Å². The Balaban J connectivity index is 1.72. The molecular formula is C13H13N5O2. The maximum absolute atomic E-state index is 11.7. The van der Waals surface area contributed by atoms with Crippen LogP contribution >= 0.6 is 0 Å².